The van der Waals surface area contributed by atoms with E-state index in [4.69, 9.17) is 9.47 Å². The first-order valence-corrected chi connectivity index (χ1v) is 6.80. The molecule has 1 unspecified atom stereocenters. The lowest BCUT2D eigenvalue weighted by molar-refractivity contribution is 0.238. The lowest BCUT2D eigenvalue weighted by atomic mass is 10.0. The average molecular weight is 292 g/mol. The Labute approximate surface area is 126 Å². The summed E-state index contributed by atoms with van der Waals surface area (Å²) in [6.07, 6.45) is 0. The van der Waals surface area contributed by atoms with Crippen LogP contribution >= 0.6 is 0 Å². The SMILES string of the molecule is C=C(C)CNC(=O)NC(C)c1cc(OC)c(OC)cc1C. The highest BCUT2D eigenvalue weighted by Crippen LogP contribution is 2.32. The fourth-order valence-electron chi connectivity index (χ4n) is 2.02. The number of nitrogens with one attached hydrogen (secondary N) is 2. The van der Waals surface area contributed by atoms with Crippen molar-refractivity contribution in [2.45, 2.75) is 26.8 Å². The zero-order valence-corrected chi connectivity index (χ0v) is 13.4. The molecule has 1 rings (SSSR count). The van der Waals surface area contributed by atoms with Crippen molar-refractivity contribution in [3.63, 3.8) is 0 Å². The summed E-state index contributed by atoms with van der Waals surface area (Å²) < 4.78 is 10.6. The minimum Gasteiger partial charge on any atom is -0.493 e. The topological polar surface area (TPSA) is 59.6 Å². The smallest absolute Gasteiger partial charge is 0.315 e. The predicted molar refractivity (Wildman–Crippen MR) is 84.0 cm³/mol. The van der Waals surface area contributed by atoms with Gasteiger partial charge in [-0.3, -0.25) is 0 Å². The van der Waals surface area contributed by atoms with Crippen LogP contribution in [0.2, 0.25) is 0 Å². The lowest BCUT2D eigenvalue weighted by Gasteiger charge is -2.19. The number of carbonyl (C=O) groups excluding carboxylic acids is 1. The summed E-state index contributed by atoms with van der Waals surface area (Å²) in [6, 6.07) is 3.42. The van der Waals surface area contributed by atoms with Crippen molar-refractivity contribution in [3.8, 4) is 11.5 Å². The molecule has 0 saturated carbocycles. The van der Waals surface area contributed by atoms with Gasteiger partial charge >= 0.3 is 6.03 Å². The first kappa shape index (κ1) is 16.9. The van der Waals surface area contributed by atoms with E-state index in [2.05, 4.69) is 17.2 Å². The minimum atomic E-state index is -0.223. The number of benzene rings is 1. The third-order valence-corrected chi connectivity index (χ3v) is 3.14. The Kier molecular flexibility index (Phi) is 6.09. The minimum absolute atomic E-state index is 0.144. The fraction of sp³-hybridized carbons (Fsp3) is 0.438. The largest absolute Gasteiger partial charge is 0.493 e. The number of ether oxygens (including phenoxy) is 2. The summed E-state index contributed by atoms with van der Waals surface area (Å²) in [5.74, 6) is 1.33. The van der Waals surface area contributed by atoms with Crippen LogP contribution in [0, 0.1) is 6.92 Å². The second-order valence-corrected chi connectivity index (χ2v) is 5.07. The molecule has 1 aromatic carbocycles. The van der Waals surface area contributed by atoms with Crippen LogP contribution in [0.3, 0.4) is 0 Å². The van der Waals surface area contributed by atoms with E-state index in [-0.39, 0.29) is 12.1 Å². The number of urea groups is 1. The van der Waals surface area contributed by atoms with Gasteiger partial charge in [-0.25, -0.2) is 4.79 Å². The molecule has 1 aromatic rings. The van der Waals surface area contributed by atoms with Crippen LogP contribution in [0.15, 0.2) is 24.3 Å². The second-order valence-electron chi connectivity index (χ2n) is 5.07. The third-order valence-electron chi connectivity index (χ3n) is 3.14. The van der Waals surface area contributed by atoms with Crippen LogP contribution < -0.4 is 20.1 Å². The van der Waals surface area contributed by atoms with Crippen molar-refractivity contribution in [2.24, 2.45) is 0 Å². The molecule has 0 saturated heterocycles. The first-order valence-electron chi connectivity index (χ1n) is 6.80. The summed E-state index contributed by atoms with van der Waals surface area (Å²) in [6.45, 7) is 9.97. The van der Waals surface area contributed by atoms with Crippen LogP contribution in [-0.4, -0.2) is 26.8 Å². The average Bonchev–Trinajstić information content (AvgIpc) is 2.44. The van der Waals surface area contributed by atoms with Gasteiger partial charge in [0.05, 0.1) is 20.3 Å². The van der Waals surface area contributed by atoms with Crippen molar-refractivity contribution in [2.75, 3.05) is 20.8 Å². The van der Waals surface area contributed by atoms with Crippen LogP contribution in [-0.2, 0) is 0 Å². The number of aryl methyl sites for hydroxylation is 1. The Hall–Kier alpha value is -2.17. The zero-order valence-electron chi connectivity index (χ0n) is 13.4. The molecule has 1 atom stereocenters. The number of amides is 2. The molecule has 21 heavy (non-hydrogen) atoms. The molecule has 0 aliphatic carbocycles. The van der Waals surface area contributed by atoms with E-state index in [0.29, 0.717) is 18.0 Å². The molecule has 5 heteroatoms. The molecule has 0 radical (unpaired) electrons. The summed E-state index contributed by atoms with van der Waals surface area (Å²) in [4.78, 5) is 11.8. The summed E-state index contributed by atoms with van der Waals surface area (Å²) >= 11 is 0. The molecular weight excluding hydrogens is 268 g/mol. The van der Waals surface area contributed by atoms with E-state index >= 15 is 0 Å². The van der Waals surface area contributed by atoms with Gasteiger partial charge in [0.15, 0.2) is 11.5 Å². The van der Waals surface area contributed by atoms with Crippen molar-refractivity contribution in [1.82, 2.24) is 10.6 Å². The summed E-state index contributed by atoms with van der Waals surface area (Å²) in [5.41, 5.74) is 2.92. The van der Waals surface area contributed by atoms with Gasteiger partial charge < -0.3 is 20.1 Å². The highest BCUT2D eigenvalue weighted by molar-refractivity contribution is 5.74. The second kappa shape index (κ2) is 7.57. The van der Waals surface area contributed by atoms with E-state index in [9.17, 15) is 4.79 Å². The molecular formula is C16H24N2O3. The van der Waals surface area contributed by atoms with Gasteiger partial charge in [-0.15, -0.1) is 0 Å². The van der Waals surface area contributed by atoms with Crippen LogP contribution in [0.25, 0.3) is 0 Å². The van der Waals surface area contributed by atoms with E-state index < -0.39 is 0 Å². The fourth-order valence-corrected chi connectivity index (χ4v) is 2.02. The molecule has 0 aliphatic rings. The van der Waals surface area contributed by atoms with Gasteiger partial charge in [0.25, 0.3) is 0 Å². The Morgan fingerprint density at radius 1 is 1.29 bits per heavy atom. The maximum atomic E-state index is 11.8. The monoisotopic (exact) mass is 292 g/mol. The molecule has 0 spiro atoms. The highest BCUT2D eigenvalue weighted by atomic mass is 16.5. The molecule has 0 fully saturated rings. The highest BCUT2D eigenvalue weighted by Gasteiger charge is 2.15. The molecule has 0 heterocycles. The Bertz CT molecular complexity index is 526. The molecule has 2 amide bonds. The van der Waals surface area contributed by atoms with Crippen LogP contribution in [0.5, 0.6) is 11.5 Å². The zero-order chi connectivity index (χ0) is 16.0. The van der Waals surface area contributed by atoms with Gasteiger partial charge in [0.1, 0.15) is 0 Å². The van der Waals surface area contributed by atoms with Crippen molar-refractivity contribution in [1.29, 1.82) is 0 Å². The van der Waals surface area contributed by atoms with Gasteiger partial charge in [-0.05, 0) is 44.0 Å². The number of rotatable bonds is 6. The maximum absolute atomic E-state index is 11.8. The quantitative estimate of drug-likeness (QED) is 0.793. The lowest BCUT2D eigenvalue weighted by Crippen LogP contribution is -2.37. The number of carbonyl (C=O) groups is 1. The Morgan fingerprint density at radius 2 is 1.86 bits per heavy atom. The maximum Gasteiger partial charge on any atom is 0.315 e. The summed E-state index contributed by atoms with van der Waals surface area (Å²) in [7, 11) is 3.19. The normalized spacial score (nSPS) is 11.5. The number of methoxy groups -OCH3 is 2. The van der Waals surface area contributed by atoms with Gasteiger partial charge in [0.2, 0.25) is 0 Å². The van der Waals surface area contributed by atoms with E-state index in [1.165, 1.54) is 0 Å². The number of hydrogen-bond acceptors (Lipinski definition) is 3. The molecule has 0 aromatic heterocycles. The van der Waals surface area contributed by atoms with Crippen LogP contribution in [0.1, 0.15) is 31.0 Å². The van der Waals surface area contributed by atoms with Crippen molar-refractivity contribution in [3.05, 3.63) is 35.4 Å². The Balaban J connectivity index is 2.84. The molecule has 2 N–H and O–H groups in total. The van der Waals surface area contributed by atoms with Crippen molar-refractivity contribution >= 4 is 6.03 Å². The molecule has 0 bridgehead atoms. The van der Waals surface area contributed by atoms with Gasteiger partial charge in [-0.1, -0.05) is 12.2 Å². The van der Waals surface area contributed by atoms with Crippen molar-refractivity contribution < 1.29 is 14.3 Å². The first-order chi connectivity index (χ1) is 9.88. The number of hydrogen-bond donors (Lipinski definition) is 2. The van der Waals surface area contributed by atoms with Crippen LogP contribution in [0.4, 0.5) is 4.79 Å². The van der Waals surface area contributed by atoms with E-state index in [0.717, 1.165) is 16.7 Å². The predicted octanol–water partition coefficient (Wildman–Crippen LogP) is 2.95. The molecule has 0 aliphatic heterocycles. The third kappa shape index (κ3) is 4.70. The molecule has 5 nitrogen and oxygen atoms in total. The van der Waals surface area contributed by atoms with Gasteiger partial charge in [-0.2, -0.15) is 0 Å². The van der Waals surface area contributed by atoms with E-state index in [1.807, 2.05) is 32.9 Å². The molecule has 116 valence electrons. The Morgan fingerprint density at radius 3 is 2.38 bits per heavy atom. The van der Waals surface area contributed by atoms with Gasteiger partial charge in [0, 0.05) is 6.54 Å². The summed E-state index contributed by atoms with van der Waals surface area (Å²) in [5, 5.41) is 5.64. The standard InChI is InChI=1S/C16H24N2O3/c1-10(2)9-17-16(19)18-12(4)13-8-15(21-6)14(20-5)7-11(13)3/h7-8,12H,1,9H2,2-6H3,(H2,17,18,19). The van der Waals surface area contributed by atoms with E-state index in [1.54, 1.807) is 14.2 Å².